The number of fused-ring (bicyclic) bond motifs is 2. The summed E-state index contributed by atoms with van der Waals surface area (Å²) >= 11 is 1.66. The molecule has 2 aromatic carbocycles. The number of aromatic nitrogens is 3. The Balaban J connectivity index is 1.41. The number of aryl methyl sites for hydroxylation is 2. The Morgan fingerprint density at radius 1 is 0.909 bits per heavy atom. The lowest BCUT2D eigenvalue weighted by Crippen LogP contribution is -2.37. The Bertz CT molecular complexity index is 1890. The molecular formula is C36H38N4O3S. The van der Waals surface area contributed by atoms with E-state index >= 15 is 0 Å². The second kappa shape index (κ2) is 11.8. The van der Waals surface area contributed by atoms with Crippen LogP contribution in [-0.2, 0) is 11.3 Å². The van der Waals surface area contributed by atoms with Crippen LogP contribution in [0, 0.1) is 13.8 Å². The molecule has 1 aliphatic carbocycles. The first-order chi connectivity index (χ1) is 21.4. The van der Waals surface area contributed by atoms with Gasteiger partial charge in [0, 0.05) is 23.9 Å². The summed E-state index contributed by atoms with van der Waals surface area (Å²) in [7, 11) is 0. The van der Waals surface area contributed by atoms with Crippen LogP contribution in [0.4, 0.5) is 0 Å². The number of pyridine rings is 1. The van der Waals surface area contributed by atoms with Crippen LogP contribution < -0.4 is 0 Å². The highest BCUT2D eigenvalue weighted by molar-refractivity contribution is 7.15. The third-order valence-electron chi connectivity index (χ3n) is 9.47. The molecule has 8 heteroatoms. The second-order valence-electron chi connectivity index (χ2n) is 12.4. The molecule has 4 heterocycles. The van der Waals surface area contributed by atoms with Crippen LogP contribution in [0.15, 0.2) is 48.5 Å². The van der Waals surface area contributed by atoms with Gasteiger partial charge in [-0.3, -0.25) is 4.79 Å². The number of carbonyl (C=O) groups is 2. The smallest absolute Gasteiger partial charge is 0.335 e. The molecule has 1 saturated heterocycles. The van der Waals surface area contributed by atoms with Crippen molar-refractivity contribution in [3.05, 3.63) is 70.4 Å². The predicted molar refractivity (Wildman–Crippen MR) is 176 cm³/mol. The van der Waals surface area contributed by atoms with Gasteiger partial charge in [-0.05, 0) is 93.3 Å². The monoisotopic (exact) mass is 606 g/mol. The van der Waals surface area contributed by atoms with Gasteiger partial charge in [-0.1, -0.05) is 37.5 Å². The minimum absolute atomic E-state index is 0.0982. The molecule has 5 aromatic rings. The fourth-order valence-electron chi connectivity index (χ4n) is 7.34. The second-order valence-corrected chi connectivity index (χ2v) is 13.6. The van der Waals surface area contributed by atoms with Crippen molar-refractivity contribution in [2.75, 3.05) is 13.1 Å². The fourth-order valence-corrected chi connectivity index (χ4v) is 8.23. The first kappa shape index (κ1) is 28.7. The first-order valence-corrected chi connectivity index (χ1v) is 16.7. The first-order valence-electron chi connectivity index (χ1n) is 15.9. The zero-order valence-electron chi connectivity index (χ0n) is 25.4. The standard InChI is InChI=1S/C36H38N4O3S/c1-22-35(44-23(2)37-22)30-16-12-25-19-26(13-15-29(25)38-30)34-33(24-9-5-3-6-10-24)28-14-11-27(36(42)43)20-31(28)40(34)21-32(41)39-17-7-4-8-18-39/h11-16,19-20,24H,3-10,17-18,21H2,1-2H3,(H,42,43). The Morgan fingerprint density at radius 3 is 2.41 bits per heavy atom. The van der Waals surface area contributed by atoms with E-state index in [-0.39, 0.29) is 18.0 Å². The van der Waals surface area contributed by atoms with Crippen molar-refractivity contribution in [1.82, 2.24) is 19.4 Å². The molecule has 7 rings (SSSR count). The van der Waals surface area contributed by atoms with Gasteiger partial charge in [0.25, 0.3) is 0 Å². The SMILES string of the molecule is Cc1nc(C)c(-c2ccc3cc(-c4c(C5CCCCC5)c5ccc(C(=O)O)cc5n4CC(=O)N4CCCCC4)ccc3n2)s1. The quantitative estimate of drug-likeness (QED) is 0.210. The van der Waals surface area contributed by atoms with Crippen LogP contribution >= 0.6 is 11.3 Å². The van der Waals surface area contributed by atoms with Gasteiger partial charge in [-0.2, -0.15) is 0 Å². The summed E-state index contributed by atoms with van der Waals surface area (Å²) in [4.78, 5) is 38.6. The number of carboxylic acid groups (broad SMARTS) is 1. The molecule has 0 spiro atoms. The number of carboxylic acids is 1. The van der Waals surface area contributed by atoms with Crippen LogP contribution in [-0.4, -0.2) is 49.5 Å². The van der Waals surface area contributed by atoms with Crippen LogP contribution in [0.2, 0.25) is 0 Å². The molecule has 0 bridgehead atoms. The summed E-state index contributed by atoms with van der Waals surface area (Å²) in [6, 6.07) is 16.1. The highest BCUT2D eigenvalue weighted by Crippen LogP contribution is 2.45. The summed E-state index contributed by atoms with van der Waals surface area (Å²) in [6.45, 7) is 5.81. The van der Waals surface area contributed by atoms with Gasteiger partial charge in [0.15, 0.2) is 0 Å². The fraction of sp³-hybridized carbons (Fsp3) is 0.389. The van der Waals surface area contributed by atoms with Gasteiger partial charge < -0.3 is 14.6 Å². The maximum Gasteiger partial charge on any atom is 0.335 e. The van der Waals surface area contributed by atoms with Gasteiger partial charge in [-0.25, -0.2) is 14.8 Å². The number of likely N-dealkylation sites (tertiary alicyclic amines) is 1. The van der Waals surface area contributed by atoms with E-state index in [0.29, 0.717) is 5.92 Å². The lowest BCUT2D eigenvalue weighted by molar-refractivity contribution is -0.132. The Hall–Kier alpha value is -4.04. The molecule has 1 N–H and O–H groups in total. The number of hydrogen-bond acceptors (Lipinski definition) is 5. The summed E-state index contributed by atoms with van der Waals surface area (Å²) in [5.74, 6) is -0.500. The van der Waals surface area contributed by atoms with Crippen LogP contribution in [0.3, 0.4) is 0 Å². The van der Waals surface area contributed by atoms with Crippen LogP contribution in [0.1, 0.15) is 83.9 Å². The predicted octanol–water partition coefficient (Wildman–Crippen LogP) is 8.36. The number of benzene rings is 2. The molecule has 3 aromatic heterocycles. The topological polar surface area (TPSA) is 88.3 Å². The van der Waals surface area contributed by atoms with Crippen molar-refractivity contribution < 1.29 is 14.7 Å². The van der Waals surface area contributed by atoms with E-state index in [2.05, 4.69) is 39.9 Å². The highest BCUT2D eigenvalue weighted by Gasteiger charge is 2.29. The van der Waals surface area contributed by atoms with E-state index in [4.69, 9.17) is 4.98 Å². The number of rotatable bonds is 6. The maximum absolute atomic E-state index is 13.8. The van der Waals surface area contributed by atoms with Crippen LogP contribution in [0.5, 0.6) is 0 Å². The molecule has 0 unspecified atom stereocenters. The van der Waals surface area contributed by atoms with E-state index in [0.717, 1.165) is 99.5 Å². The molecule has 1 amide bonds. The third kappa shape index (κ3) is 5.30. The maximum atomic E-state index is 13.8. The molecular weight excluding hydrogens is 568 g/mol. The largest absolute Gasteiger partial charge is 0.478 e. The highest BCUT2D eigenvalue weighted by atomic mass is 32.1. The zero-order chi connectivity index (χ0) is 30.4. The lowest BCUT2D eigenvalue weighted by Gasteiger charge is -2.28. The molecule has 2 fully saturated rings. The van der Waals surface area contributed by atoms with Crippen molar-refractivity contribution in [3.63, 3.8) is 0 Å². The Morgan fingerprint density at radius 2 is 1.68 bits per heavy atom. The Labute approximate surface area is 261 Å². The van der Waals surface area contributed by atoms with Crippen molar-refractivity contribution in [1.29, 1.82) is 0 Å². The average molecular weight is 607 g/mol. The number of aromatic carboxylic acids is 1. The van der Waals surface area contributed by atoms with Gasteiger partial charge >= 0.3 is 5.97 Å². The van der Waals surface area contributed by atoms with Crippen LogP contribution in [0.25, 0.3) is 43.6 Å². The number of nitrogens with zero attached hydrogens (tertiary/aromatic N) is 4. The van der Waals surface area contributed by atoms with Gasteiger partial charge in [0.1, 0.15) is 6.54 Å². The minimum Gasteiger partial charge on any atom is -0.478 e. The number of carbonyl (C=O) groups excluding carboxylic acids is 1. The normalized spacial score (nSPS) is 16.2. The summed E-state index contributed by atoms with van der Waals surface area (Å²) in [5.41, 5.74) is 7.24. The molecule has 0 atom stereocenters. The number of amides is 1. The zero-order valence-corrected chi connectivity index (χ0v) is 26.3. The lowest BCUT2D eigenvalue weighted by atomic mass is 9.81. The van der Waals surface area contributed by atoms with E-state index in [9.17, 15) is 14.7 Å². The van der Waals surface area contributed by atoms with Crippen molar-refractivity contribution in [2.24, 2.45) is 0 Å². The average Bonchev–Trinajstić information content (AvgIpc) is 3.56. The number of piperidine rings is 1. The third-order valence-corrected chi connectivity index (χ3v) is 10.6. The molecule has 7 nitrogen and oxygen atoms in total. The molecule has 226 valence electrons. The summed E-state index contributed by atoms with van der Waals surface area (Å²) < 4.78 is 2.12. The molecule has 2 aliphatic rings. The van der Waals surface area contributed by atoms with Crippen molar-refractivity contribution in [2.45, 2.75) is 77.7 Å². The van der Waals surface area contributed by atoms with E-state index in [1.807, 2.05) is 24.8 Å². The Kier molecular flexibility index (Phi) is 7.70. The molecule has 1 saturated carbocycles. The number of thiazole rings is 1. The molecule has 1 aliphatic heterocycles. The summed E-state index contributed by atoms with van der Waals surface area (Å²) in [6.07, 6.45) is 9.00. The number of hydrogen-bond donors (Lipinski definition) is 1. The van der Waals surface area contributed by atoms with Gasteiger partial charge in [0.2, 0.25) is 5.91 Å². The van der Waals surface area contributed by atoms with Crippen molar-refractivity contribution in [3.8, 4) is 21.8 Å². The van der Waals surface area contributed by atoms with Crippen molar-refractivity contribution >= 4 is 45.0 Å². The van der Waals surface area contributed by atoms with Gasteiger partial charge in [-0.15, -0.1) is 11.3 Å². The van der Waals surface area contributed by atoms with E-state index in [1.165, 1.54) is 24.8 Å². The summed E-state index contributed by atoms with van der Waals surface area (Å²) in [5, 5.41) is 13.0. The molecule has 0 radical (unpaired) electrons. The molecule has 44 heavy (non-hydrogen) atoms. The van der Waals surface area contributed by atoms with Gasteiger partial charge in [0.05, 0.1) is 43.6 Å². The van der Waals surface area contributed by atoms with E-state index in [1.54, 1.807) is 23.5 Å². The van der Waals surface area contributed by atoms with E-state index < -0.39 is 5.97 Å². The minimum atomic E-state index is -0.957.